The average molecular weight is 583 g/mol. The number of alkyl halides is 6. The second-order valence-corrected chi connectivity index (χ2v) is 9.99. The molecule has 1 fully saturated rings. The summed E-state index contributed by atoms with van der Waals surface area (Å²) < 4.78 is 93.9. The van der Waals surface area contributed by atoms with Crippen molar-refractivity contribution in [1.29, 1.82) is 0 Å². The van der Waals surface area contributed by atoms with Crippen molar-refractivity contribution in [3.05, 3.63) is 94.3 Å². The van der Waals surface area contributed by atoms with E-state index in [1.807, 2.05) is 0 Å². The molecule has 6 nitrogen and oxygen atoms in total. The Balaban J connectivity index is 1.63. The van der Waals surface area contributed by atoms with Gasteiger partial charge in [0.25, 0.3) is 5.91 Å². The van der Waals surface area contributed by atoms with Crippen LogP contribution in [-0.4, -0.2) is 51.7 Å². The van der Waals surface area contributed by atoms with Gasteiger partial charge in [0.1, 0.15) is 12.1 Å². The van der Waals surface area contributed by atoms with Gasteiger partial charge in [-0.1, -0.05) is 6.07 Å². The van der Waals surface area contributed by atoms with Crippen LogP contribution in [0.3, 0.4) is 0 Å². The normalized spacial score (nSPS) is 17.8. The molecule has 3 aromatic rings. The summed E-state index contributed by atoms with van der Waals surface area (Å²) >= 11 is 0. The van der Waals surface area contributed by atoms with Gasteiger partial charge < -0.3 is 9.80 Å². The molecule has 41 heavy (non-hydrogen) atoms. The maximum Gasteiger partial charge on any atom is 0.416 e. The van der Waals surface area contributed by atoms with Crippen LogP contribution in [0, 0.1) is 18.7 Å². The van der Waals surface area contributed by atoms with Crippen LogP contribution in [0.1, 0.15) is 50.5 Å². The van der Waals surface area contributed by atoms with Crippen molar-refractivity contribution in [3.8, 4) is 0 Å². The fourth-order valence-electron chi connectivity index (χ4n) is 5.14. The van der Waals surface area contributed by atoms with E-state index in [9.17, 15) is 40.3 Å². The van der Waals surface area contributed by atoms with Crippen LogP contribution in [-0.2, 0) is 23.7 Å². The lowest BCUT2D eigenvalue weighted by atomic mass is 9.78. The number of hydrogen-bond donors (Lipinski definition) is 0. The molecule has 0 N–H and O–H groups in total. The number of amides is 2. The monoisotopic (exact) mass is 582 g/mol. The summed E-state index contributed by atoms with van der Waals surface area (Å²) in [6.45, 7) is 1.35. The van der Waals surface area contributed by atoms with E-state index < -0.39 is 53.6 Å². The smallest absolute Gasteiger partial charge is 0.341 e. The molecule has 13 heteroatoms. The first-order valence-corrected chi connectivity index (χ1v) is 12.5. The molecule has 2 unspecified atom stereocenters. The lowest BCUT2D eigenvalue weighted by Gasteiger charge is -2.40. The highest BCUT2D eigenvalue weighted by Crippen LogP contribution is 2.38. The van der Waals surface area contributed by atoms with E-state index in [0.717, 1.165) is 4.90 Å². The van der Waals surface area contributed by atoms with E-state index in [0.29, 0.717) is 23.3 Å². The molecule has 0 saturated carbocycles. The van der Waals surface area contributed by atoms with Crippen molar-refractivity contribution in [3.63, 3.8) is 0 Å². The third-order valence-electron chi connectivity index (χ3n) is 7.10. The van der Waals surface area contributed by atoms with Gasteiger partial charge in [0.2, 0.25) is 5.91 Å². The Morgan fingerprint density at radius 3 is 2.15 bits per heavy atom. The molecule has 1 aliphatic rings. The molecule has 2 heterocycles. The zero-order valence-electron chi connectivity index (χ0n) is 21.9. The van der Waals surface area contributed by atoms with Gasteiger partial charge in [-0.15, -0.1) is 0 Å². The summed E-state index contributed by atoms with van der Waals surface area (Å²) in [6, 6.07) is 5.23. The highest BCUT2D eigenvalue weighted by molar-refractivity contribution is 5.94. The van der Waals surface area contributed by atoms with Gasteiger partial charge in [-0.3, -0.25) is 9.59 Å². The van der Waals surface area contributed by atoms with Crippen LogP contribution in [0.4, 0.5) is 30.7 Å². The van der Waals surface area contributed by atoms with E-state index in [-0.39, 0.29) is 42.6 Å². The number of aryl methyl sites for hydroxylation is 1. The molecule has 0 bridgehead atoms. The van der Waals surface area contributed by atoms with Crippen LogP contribution < -0.4 is 0 Å². The molecule has 218 valence electrons. The van der Waals surface area contributed by atoms with Crippen molar-refractivity contribution < 1.29 is 40.3 Å². The highest BCUT2D eigenvalue weighted by Gasteiger charge is 2.40. The molecule has 1 aromatic heterocycles. The second kappa shape index (κ2) is 11.5. The lowest BCUT2D eigenvalue weighted by Crippen LogP contribution is -2.47. The van der Waals surface area contributed by atoms with Crippen molar-refractivity contribution in [2.45, 2.75) is 38.2 Å². The van der Waals surface area contributed by atoms with Crippen LogP contribution in [0.25, 0.3) is 0 Å². The van der Waals surface area contributed by atoms with Gasteiger partial charge in [-0.25, -0.2) is 14.4 Å². The lowest BCUT2D eigenvalue weighted by molar-refractivity contribution is -0.143. The SMILES string of the molecule is Cc1cc(F)ccc1C1CN(C(=O)c2cncnc2)CCC1C(=O)N(C)Cc1cc(C(F)(F)F)cc(C(F)(F)F)c1. The molecular formula is C28H25F7N4O2. The van der Waals surface area contributed by atoms with E-state index in [1.165, 1.54) is 48.9 Å². The number of benzene rings is 2. The third-order valence-corrected chi connectivity index (χ3v) is 7.10. The highest BCUT2D eigenvalue weighted by atomic mass is 19.4. The van der Waals surface area contributed by atoms with Gasteiger partial charge in [-0.05, 0) is 60.4 Å². The Morgan fingerprint density at radius 1 is 0.976 bits per heavy atom. The predicted octanol–water partition coefficient (Wildman–Crippen LogP) is 5.87. The first-order chi connectivity index (χ1) is 19.1. The minimum absolute atomic E-state index is 0.0309. The summed E-state index contributed by atoms with van der Waals surface area (Å²) in [4.78, 5) is 37.0. The number of piperidine rings is 1. The number of halogens is 7. The molecule has 2 amide bonds. The Labute approximate surface area is 230 Å². The Hall–Kier alpha value is -4.03. The first-order valence-electron chi connectivity index (χ1n) is 12.5. The van der Waals surface area contributed by atoms with Crippen LogP contribution >= 0.6 is 0 Å². The Morgan fingerprint density at radius 2 is 1.59 bits per heavy atom. The molecule has 2 atom stereocenters. The number of carbonyl (C=O) groups is 2. The van der Waals surface area contributed by atoms with E-state index in [1.54, 1.807) is 6.92 Å². The largest absolute Gasteiger partial charge is 0.416 e. The fraction of sp³-hybridized carbons (Fsp3) is 0.357. The molecule has 0 spiro atoms. The van der Waals surface area contributed by atoms with Crippen LogP contribution in [0.5, 0.6) is 0 Å². The van der Waals surface area contributed by atoms with Gasteiger partial charge in [-0.2, -0.15) is 26.3 Å². The Bertz CT molecular complexity index is 1390. The zero-order valence-corrected chi connectivity index (χ0v) is 21.9. The van der Waals surface area contributed by atoms with E-state index >= 15 is 0 Å². The van der Waals surface area contributed by atoms with Gasteiger partial charge >= 0.3 is 12.4 Å². The fourth-order valence-corrected chi connectivity index (χ4v) is 5.14. The summed E-state index contributed by atoms with van der Waals surface area (Å²) in [6.07, 6.45) is -5.92. The minimum atomic E-state index is -5.02. The van der Waals surface area contributed by atoms with Crippen molar-refractivity contribution in [1.82, 2.24) is 19.8 Å². The molecule has 1 aliphatic heterocycles. The summed E-state index contributed by atoms with van der Waals surface area (Å²) in [7, 11) is 1.29. The van der Waals surface area contributed by atoms with E-state index in [4.69, 9.17) is 0 Å². The minimum Gasteiger partial charge on any atom is -0.341 e. The van der Waals surface area contributed by atoms with Crippen molar-refractivity contribution >= 4 is 11.8 Å². The van der Waals surface area contributed by atoms with Gasteiger partial charge in [0.05, 0.1) is 16.7 Å². The van der Waals surface area contributed by atoms with Gasteiger partial charge in [0, 0.05) is 50.9 Å². The van der Waals surface area contributed by atoms with Crippen molar-refractivity contribution in [2.75, 3.05) is 20.1 Å². The number of likely N-dealkylation sites (tertiary alicyclic amines) is 1. The number of nitrogens with zero attached hydrogens (tertiary/aromatic N) is 4. The van der Waals surface area contributed by atoms with Gasteiger partial charge in [0.15, 0.2) is 0 Å². The molecule has 2 aromatic carbocycles. The first kappa shape index (κ1) is 29.9. The average Bonchev–Trinajstić information content (AvgIpc) is 2.91. The van der Waals surface area contributed by atoms with Crippen molar-refractivity contribution in [2.24, 2.45) is 5.92 Å². The number of hydrogen-bond acceptors (Lipinski definition) is 4. The summed E-state index contributed by atoms with van der Waals surface area (Å²) in [5.74, 6) is -2.81. The number of rotatable bonds is 5. The molecule has 4 rings (SSSR count). The quantitative estimate of drug-likeness (QED) is 0.354. The maximum absolute atomic E-state index is 13.9. The zero-order chi connectivity index (χ0) is 30.1. The predicted molar refractivity (Wildman–Crippen MR) is 133 cm³/mol. The van der Waals surface area contributed by atoms with E-state index in [2.05, 4.69) is 9.97 Å². The third kappa shape index (κ3) is 6.83. The summed E-state index contributed by atoms with van der Waals surface area (Å²) in [5, 5.41) is 0. The Kier molecular flexibility index (Phi) is 8.36. The maximum atomic E-state index is 13.9. The standard InChI is InChI=1S/C28H25F7N4O2/c1-16-7-21(29)3-4-22(16)24-14-39(25(40)18-11-36-15-37-12-18)6-5-23(24)26(41)38(2)13-17-8-19(27(30,31)32)10-20(9-17)28(33,34)35/h3-4,7-12,15,23-24H,5-6,13-14H2,1-2H3. The van der Waals surface area contributed by atoms with Crippen LogP contribution in [0.15, 0.2) is 55.1 Å². The molecule has 1 saturated heterocycles. The second-order valence-electron chi connectivity index (χ2n) is 9.99. The molecule has 0 radical (unpaired) electrons. The number of aromatic nitrogens is 2. The summed E-state index contributed by atoms with van der Waals surface area (Å²) in [5.41, 5.74) is -1.93. The molecule has 0 aliphatic carbocycles. The van der Waals surface area contributed by atoms with Crippen LogP contribution in [0.2, 0.25) is 0 Å². The topological polar surface area (TPSA) is 66.4 Å². The number of carbonyl (C=O) groups excluding carboxylic acids is 2. The molecular weight excluding hydrogens is 557 g/mol.